The van der Waals surface area contributed by atoms with Crippen molar-refractivity contribution < 1.29 is 27.5 Å². The van der Waals surface area contributed by atoms with Crippen LogP contribution in [0.1, 0.15) is 52.2 Å². The highest BCUT2D eigenvalue weighted by Gasteiger charge is 2.46. The van der Waals surface area contributed by atoms with Crippen LogP contribution < -0.4 is 26.2 Å². The molecule has 1 aliphatic carbocycles. The Morgan fingerprint density at radius 1 is 1.05 bits per heavy atom. The summed E-state index contributed by atoms with van der Waals surface area (Å²) in [5, 5.41) is 5.25. The molecule has 11 heteroatoms. The van der Waals surface area contributed by atoms with Gasteiger partial charge in [-0.15, -0.1) is 0 Å². The van der Waals surface area contributed by atoms with E-state index in [-0.39, 0.29) is 42.0 Å². The number of benzene rings is 2. The molecule has 8 nitrogen and oxygen atoms in total. The van der Waals surface area contributed by atoms with Crippen molar-refractivity contribution in [3.63, 3.8) is 0 Å². The van der Waals surface area contributed by atoms with E-state index in [4.69, 9.17) is 4.74 Å². The number of nitrogens with one attached hydrogen (secondary N) is 3. The Morgan fingerprint density at radius 2 is 1.72 bits per heavy atom. The zero-order valence-corrected chi connectivity index (χ0v) is 21.3. The maximum Gasteiger partial charge on any atom is 0.274 e. The lowest BCUT2D eigenvalue weighted by atomic mass is 10.1. The second-order valence-electron chi connectivity index (χ2n) is 9.97. The van der Waals surface area contributed by atoms with Crippen molar-refractivity contribution in [2.24, 2.45) is 11.8 Å². The zero-order chi connectivity index (χ0) is 27.8. The maximum absolute atomic E-state index is 14.1. The van der Waals surface area contributed by atoms with Gasteiger partial charge in [-0.25, -0.2) is 13.2 Å². The Bertz CT molecular complexity index is 1470. The minimum absolute atomic E-state index is 0.0518. The summed E-state index contributed by atoms with van der Waals surface area (Å²) in [4.78, 5) is 40.0. The number of carbonyl (C=O) groups is 2. The highest BCUT2D eigenvalue weighted by molar-refractivity contribution is 5.99. The van der Waals surface area contributed by atoms with Gasteiger partial charge in [-0.2, -0.15) is 0 Å². The van der Waals surface area contributed by atoms with Gasteiger partial charge < -0.3 is 20.8 Å². The van der Waals surface area contributed by atoms with Crippen molar-refractivity contribution in [1.29, 1.82) is 0 Å². The molecule has 5 rings (SSSR count). The van der Waals surface area contributed by atoms with Gasteiger partial charge in [0, 0.05) is 42.5 Å². The molecule has 1 aliphatic heterocycles. The number of amides is 2. The fourth-order valence-electron chi connectivity index (χ4n) is 5.02. The molecule has 2 aliphatic rings. The Balaban J connectivity index is 1.53. The quantitative estimate of drug-likeness (QED) is 0.445. The molecule has 39 heavy (non-hydrogen) atoms. The Kier molecular flexibility index (Phi) is 7.07. The fourth-order valence-corrected chi connectivity index (χ4v) is 5.02. The molecular weight excluding hydrogens is 513 g/mol. The van der Waals surface area contributed by atoms with Crippen molar-refractivity contribution in [2.45, 2.75) is 45.5 Å². The van der Waals surface area contributed by atoms with Crippen LogP contribution in [0.25, 0.3) is 0 Å². The third kappa shape index (κ3) is 5.34. The van der Waals surface area contributed by atoms with Crippen LogP contribution in [-0.2, 0) is 13.2 Å². The maximum atomic E-state index is 14.1. The standard InChI is InChI=1S/C28H27F3N4O4/c1-14-18-10-19(18)15(2)34-35-12-21(27(37)32-11-20-22(30)8-17(29)9-23(20)31)25(36)26(24(35)28(38)33-14)39-13-16-6-4-3-5-7-16/h3-9,12,14-15,18-19,34H,10-11,13H2,1-2H3,(H,32,37)(H,33,38)/t14-,15+,18-,19+/m0/s1. The number of halogens is 3. The SMILES string of the molecule is C[C@@H]1NC(=O)c2c(OCc3ccccc3)c(=O)c(C(=O)NCc3c(F)cc(F)cc3F)cn2N[C@H](C)[C@H]2C[C@H]21. The summed E-state index contributed by atoms with van der Waals surface area (Å²) >= 11 is 0. The van der Waals surface area contributed by atoms with E-state index in [0.29, 0.717) is 12.1 Å². The molecular formula is C28H27F3N4O4. The number of ether oxygens (including phenoxy) is 1. The van der Waals surface area contributed by atoms with Crippen molar-refractivity contribution in [3.8, 4) is 5.75 Å². The van der Waals surface area contributed by atoms with Gasteiger partial charge in [0.05, 0.1) is 0 Å². The van der Waals surface area contributed by atoms with E-state index < -0.39 is 52.4 Å². The minimum atomic E-state index is -1.17. The van der Waals surface area contributed by atoms with Gasteiger partial charge in [0.2, 0.25) is 5.43 Å². The molecule has 1 fully saturated rings. The van der Waals surface area contributed by atoms with E-state index in [1.165, 1.54) is 10.9 Å². The normalized spacial score (nSPS) is 21.7. The molecule has 1 saturated carbocycles. The van der Waals surface area contributed by atoms with Crippen LogP contribution in [0.2, 0.25) is 0 Å². The number of pyridine rings is 1. The molecule has 2 heterocycles. The van der Waals surface area contributed by atoms with E-state index in [2.05, 4.69) is 16.1 Å². The van der Waals surface area contributed by atoms with E-state index in [1.54, 1.807) is 24.3 Å². The largest absolute Gasteiger partial charge is 0.482 e. The number of nitrogens with zero attached hydrogens (tertiary/aromatic N) is 1. The first-order chi connectivity index (χ1) is 18.6. The van der Waals surface area contributed by atoms with Gasteiger partial charge in [0.15, 0.2) is 11.4 Å². The van der Waals surface area contributed by atoms with Gasteiger partial charge >= 0.3 is 0 Å². The number of hydrogen-bond donors (Lipinski definition) is 3. The predicted molar refractivity (Wildman–Crippen MR) is 136 cm³/mol. The Hall–Kier alpha value is -4.28. The molecule has 1 aromatic heterocycles. The van der Waals surface area contributed by atoms with Gasteiger partial charge in [-0.3, -0.25) is 19.1 Å². The number of aromatic nitrogens is 1. The van der Waals surface area contributed by atoms with Crippen LogP contribution >= 0.6 is 0 Å². The summed E-state index contributed by atoms with van der Waals surface area (Å²) in [5.41, 5.74) is 2.00. The van der Waals surface area contributed by atoms with Crippen molar-refractivity contribution >= 4 is 11.8 Å². The fraction of sp³-hybridized carbons (Fsp3) is 0.321. The van der Waals surface area contributed by atoms with E-state index in [9.17, 15) is 27.6 Å². The first-order valence-electron chi connectivity index (χ1n) is 12.6. The zero-order valence-electron chi connectivity index (χ0n) is 21.3. The summed E-state index contributed by atoms with van der Waals surface area (Å²) in [6.07, 6.45) is 2.09. The summed E-state index contributed by atoms with van der Waals surface area (Å²) in [6, 6.07) is 9.73. The van der Waals surface area contributed by atoms with E-state index in [0.717, 1.165) is 12.0 Å². The van der Waals surface area contributed by atoms with Crippen molar-refractivity contribution in [1.82, 2.24) is 15.3 Å². The monoisotopic (exact) mass is 540 g/mol. The highest BCUT2D eigenvalue weighted by Crippen LogP contribution is 2.44. The molecule has 3 N–H and O–H groups in total. The molecule has 0 spiro atoms. The molecule has 0 radical (unpaired) electrons. The highest BCUT2D eigenvalue weighted by atomic mass is 19.1. The van der Waals surface area contributed by atoms with Crippen LogP contribution in [0.4, 0.5) is 13.2 Å². The lowest BCUT2D eigenvalue weighted by Gasteiger charge is -2.22. The topological polar surface area (TPSA) is 101 Å². The first kappa shape index (κ1) is 26.3. The van der Waals surface area contributed by atoms with Crippen LogP contribution in [0, 0.1) is 29.3 Å². The van der Waals surface area contributed by atoms with Crippen molar-refractivity contribution in [2.75, 3.05) is 5.43 Å². The third-order valence-corrected chi connectivity index (χ3v) is 7.26. The molecule has 0 unspecified atom stereocenters. The lowest BCUT2D eigenvalue weighted by Crippen LogP contribution is -2.39. The molecule has 0 saturated heterocycles. The number of carbonyl (C=O) groups excluding carboxylic acids is 2. The van der Waals surface area contributed by atoms with E-state index in [1.807, 2.05) is 19.9 Å². The van der Waals surface area contributed by atoms with Crippen LogP contribution in [0.15, 0.2) is 53.5 Å². The Labute approximate surface area is 222 Å². The first-order valence-corrected chi connectivity index (χ1v) is 12.6. The summed E-state index contributed by atoms with van der Waals surface area (Å²) < 4.78 is 48.7. The number of fused-ring (bicyclic) bond motifs is 2. The van der Waals surface area contributed by atoms with Gasteiger partial charge in [0.1, 0.15) is 29.6 Å². The van der Waals surface area contributed by atoms with Crippen molar-refractivity contribution in [3.05, 3.63) is 98.7 Å². The van der Waals surface area contributed by atoms with Gasteiger partial charge in [-0.05, 0) is 37.7 Å². The second kappa shape index (κ2) is 10.5. The van der Waals surface area contributed by atoms with Crippen LogP contribution in [0.5, 0.6) is 5.75 Å². The third-order valence-electron chi connectivity index (χ3n) is 7.26. The summed E-state index contributed by atoms with van der Waals surface area (Å²) in [7, 11) is 0. The molecule has 3 aromatic rings. The molecule has 2 aromatic carbocycles. The molecule has 0 bridgehead atoms. The Morgan fingerprint density at radius 3 is 2.41 bits per heavy atom. The van der Waals surface area contributed by atoms with Gasteiger partial charge in [0.25, 0.3) is 11.8 Å². The number of hydrogen-bond acceptors (Lipinski definition) is 5. The predicted octanol–water partition coefficient (Wildman–Crippen LogP) is 3.47. The second-order valence-corrected chi connectivity index (χ2v) is 9.97. The number of rotatable bonds is 6. The van der Waals surface area contributed by atoms with Crippen LogP contribution in [-0.4, -0.2) is 28.6 Å². The van der Waals surface area contributed by atoms with Crippen LogP contribution in [0.3, 0.4) is 0 Å². The van der Waals surface area contributed by atoms with Gasteiger partial charge in [-0.1, -0.05) is 30.3 Å². The average Bonchev–Trinajstić information content (AvgIpc) is 3.69. The van der Waals surface area contributed by atoms with E-state index >= 15 is 0 Å². The molecule has 2 amide bonds. The lowest BCUT2D eigenvalue weighted by molar-refractivity contribution is 0.0913. The molecule has 4 atom stereocenters. The minimum Gasteiger partial charge on any atom is -0.482 e. The summed E-state index contributed by atoms with van der Waals surface area (Å²) in [5.74, 6) is -4.76. The smallest absolute Gasteiger partial charge is 0.274 e. The molecule has 204 valence electrons. The average molecular weight is 541 g/mol. The summed E-state index contributed by atoms with van der Waals surface area (Å²) in [6.45, 7) is 3.16.